The van der Waals surface area contributed by atoms with Crippen LogP contribution < -0.4 is 11.5 Å². The Hall–Kier alpha value is -0.380. The molecule has 0 bridgehead atoms. The molecule has 2 atom stereocenters. The molecule has 1 aromatic rings. The fourth-order valence-electron chi connectivity index (χ4n) is 1.81. The predicted molar refractivity (Wildman–Crippen MR) is 68.5 cm³/mol. The lowest BCUT2D eigenvalue weighted by molar-refractivity contribution is 0.330. The monoisotopic (exact) mass is 270 g/mol. The lowest BCUT2D eigenvalue weighted by Gasteiger charge is -2.27. The summed E-state index contributed by atoms with van der Waals surface area (Å²) in [6.07, 6.45) is 0. The van der Waals surface area contributed by atoms with Crippen LogP contribution in [0.2, 0.25) is 0 Å². The van der Waals surface area contributed by atoms with E-state index in [-0.39, 0.29) is 6.04 Å². The van der Waals surface area contributed by atoms with Crippen LogP contribution in [-0.2, 0) is 0 Å². The van der Waals surface area contributed by atoms with E-state index >= 15 is 0 Å². The van der Waals surface area contributed by atoms with Gasteiger partial charge in [0.1, 0.15) is 0 Å². The second-order valence-electron chi connectivity index (χ2n) is 4.19. The van der Waals surface area contributed by atoms with E-state index in [9.17, 15) is 0 Å². The van der Waals surface area contributed by atoms with Crippen LogP contribution in [0.15, 0.2) is 28.7 Å². The molecule has 0 aliphatic carbocycles. The van der Waals surface area contributed by atoms with E-state index in [1.807, 2.05) is 18.2 Å². The van der Waals surface area contributed by atoms with Crippen LogP contribution in [-0.4, -0.2) is 6.54 Å². The normalized spacial score (nSPS) is 15.3. The molecule has 0 saturated carbocycles. The van der Waals surface area contributed by atoms with Crippen molar-refractivity contribution in [1.29, 1.82) is 0 Å². The van der Waals surface area contributed by atoms with Gasteiger partial charge in [-0.3, -0.25) is 0 Å². The first-order valence-electron chi connectivity index (χ1n) is 5.28. The maximum atomic E-state index is 6.24. The average Bonchev–Trinajstić information content (AvgIpc) is 2.18. The smallest absolute Gasteiger partial charge is 0.0349 e. The van der Waals surface area contributed by atoms with Crippen molar-refractivity contribution in [3.05, 3.63) is 34.3 Å². The fraction of sp³-hybridized carbons (Fsp3) is 0.500. The summed E-state index contributed by atoms with van der Waals surface area (Å²) in [6.45, 7) is 4.95. The molecule has 0 radical (unpaired) electrons. The van der Waals surface area contributed by atoms with E-state index in [1.54, 1.807) is 0 Å². The van der Waals surface area contributed by atoms with Gasteiger partial charge >= 0.3 is 0 Å². The molecular weight excluding hydrogens is 252 g/mol. The summed E-state index contributed by atoms with van der Waals surface area (Å²) in [5.74, 6) is 0.820. The van der Waals surface area contributed by atoms with E-state index in [4.69, 9.17) is 11.5 Å². The zero-order chi connectivity index (χ0) is 11.4. The molecule has 84 valence electrons. The van der Waals surface area contributed by atoms with E-state index in [2.05, 4.69) is 35.8 Å². The first-order chi connectivity index (χ1) is 7.07. The van der Waals surface area contributed by atoms with Crippen molar-refractivity contribution in [1.82, 2.24) is 0 Å². The molecule has 4 N–H and O–H groups in total. The molecule has 1 aromatic carbocycles. The Bertz CT molecular complexity index is 312. The van der Waals surface area contributed by atoms with E-state index in [1.165, 1.54) is 0 Å². The van der Waals surface area contributed by atoms with Gasteiger partial charge in [0, 0.05) is 10.5 Å². The zero-order valence-electron chi connectivity index (χ0n) is 9.28. The highest BCUT2D eigenvalue weighted by Crippen LogP contribution is 2.29. The summed E-state index contributed by atoms with van der Waals surface area (Å²) in [5, 5.41) is 0. The topological polar surface area (TPSA) is 52.0 Å². The van der Waals surface area contributed by atoms with E-state index < -0.39 is 0 Å². The molecule has 0 aliphatic heterocycles. The molecule has 0 amide bonds. The Morgan fingerprint density at radius 2 is 1.87 bits per heavy atom. The summed E-state index contributed by atoms with van der Waals surface area (Å²) in [5.41, 5.74) is 13.1. The molecule has 2 unspecified atom stereocenters. The molecule has 0 spiro atoms. The van der Waals surface area contributed by atoms with Crippen molar-refractivity contribution in [2.75, 3.05) is 6.54 Å². The minimum atomic E-state index is 0.00516. The third kappa shape index (κ3) is 3.03. The number of rotatable bonds is 4. The molecule has 1 rings (SSSR count). The summed E-state index contributed by atoms with van der Waals surface area (Å²) in [7, 11) is 0. The lowest BCUT2D eigenvalue weighted by atomic mass is 9.85. The van der Waals surface area contributed by atoms with Crippen molar-refractivity contribution in [2.45, 2.75) is 19.9 Å². The summed E-state index contributed by atoms with van der Waals surface area (Å²) in [6, 6.07) is 8.08. The zero-order valence-corrected chi connectivity index (χ0v) is 10.9. The van der Waals surface area contributed by atoms with Crippen LogP contribution in [0.1, 0.15) is 25.5 Å². The third-order valence-electron chi connectivity index (χ3n) is 2.85. The molecule has 0 fully saturated rings. The van der Waals surface area contributed by atoms with E-state index in [0.29, 0.717) is 18.4 Å². The SMILES string of the molecule is CC(C)C(CN)C(N)c1ccccc1Br. The maximum absolute atomic E-state index is 6.24. The average molecular weight is 271 g/mol. The van der Waals surface area contributed by atoms with Gasteiger partial charge in [0.2, 0.25) is 0 Å². The number of nitrogens with two attached hydrogens (primary N) is 2. The van der Waals surface area contributed by atoms with Crippen LogP contribution in [0.5, 0.6) is 0 Å². The standard InChI is InChI=1S/C12H19BrN2/c1-8(2)10(7-14)12(15)9-5-3-4-6-11(9)13/h3-6,8,10,12H,7,14-15H2,1-2H3. The fourth-order valence-corrected chi connectivity index (χ4v) is 2.36. The number of halogens is 1. The van der Waals surface area contributed by atoms with Crippen molar-refractivity contribution >= 4 is 15.9 Å². The third-order valence-corrected chi connectivity index (χ3v) is 3.58. The summed E-state index contributed by atoms with van der Waals surface area (Å²) < 4.78 is 1.07. The highest BCUT2D eigenvalue weighted by molar-refractivity contribution is 9.10. The summed E-state index contributed by atoms with van der Waals surface area (Å²) in [4.78, 5) is 0. The van der Waals surface area contributed by atoms with Gasteiger partial charge in [-0.2, -0.15) is 0 Å². The van der Waals surface area contributed by atoms with Gasteiger partial charge < -0.3 is 11.5 Å². The number of hydrogen-bond donors (Lipinski definition) is 2. The summed E-state index contributed by atoms with van der Waals surface area (Å²) >= 11 is 3.52. The Labute approximate surface area is 100 Å². The minimum absolute atomic E-state index is 0.00516. The Balaban J connectivity index is 2.92. The van der Waals surface area contributed by atoms with Crippen molar-refractivity contribution < 1.29 is 0 Å². The van der Waals surface area contributed by atoms with Crippen LogP contribution >= 0.6 is 15.9 Å². The van der Waals surface area contributed by atoms with Gasteiger partial charge in [-0.15, -0.1) is 0 Å². The molecule has 0 aliphatic rings. The predicted octanol–water partition coefficient (Wildman–Crippen LogP) is 2.68. The van der Waals surface area contributed by atoms with Gasteiger partial charge in [0.05, 0.1) is 0 Å². The second-order valence-corrected chi connectivity index (χ2v) is 5.05. The van der Waals surface area contributed by atoms with Crippen LogP contribution in [0.25, 0.3) is 0 Å². The highest BCUT2D eigenvalue weighted by atomic mass is 79.9. The van der Waals surface area contributed by atoms with Gasteiger partial charge in [-0.1, -0.05) is 48.0 Å². The Kier molecular flexibility index (Phi) is 4.77. The largest absolute Gasteiger partial charge is 0.330 e. The number of benzene rings is 1. The molecule has 0 saturated heterocycles. The highest BCUT2D eigenvalue weighted by Gasteiger charge is 2.22. The molecule has 2 nitrogen and oxygen atoms in total. The number of hydrogen-bond acceptors (Lipinski definition) is 2. The molecule has 15 heavy (non-hydrogen) atoms. The first kappa shape index (κ1) is 12.7. The first-order valence-corrected chi connectivity index (χ1v) is 6.07. The van der Waals surface area contributed by atoms with Gasteiger partial charge in [-0.05, 0) is 30.0 Å². The van der Waals surface area contributed by atoms with Crippen LogP contribution in [0, 0.1) is 11.8 Å². The van der Waals surface area contributed by atoms with Crippen molar-refractivity contribution in [3.8, 4) is 0 Å². The van der Waals surface area contributed by atoms with E-state index in [0.717, 1.165) is 10.0 Å². The van der Waals surface area contributed by atoms with Crippen LogP contribution in [0.4, 0.5) is 0 Å². The Morgan fingerprint density at radius 3 is 2.33 bits per heavy atom. The molecule has 0 aromatic heterocycles. The van der Waals surface area contributed by atoms with Gasteiger partial charge in [-0.25, -0.2) is 0 Å². The van der Waals surface area contributed by atoms with Gasteiger partial charge in [0.25, 0.3) is 0 Å². The molecular formula is C12H19BrN2. The second kappa shape index (κ2) is 5.64. The minimum Gasteiger partial charge on any atom is -0.330 e. The molecule has 0 heterocycles. The molecule has 3 heteroatoms. The van der Waals surface area contributed by atoms with Crippen molar-refractivity contribution in [3.63, 3.8) is 0 Å². The maximum Gasteiger partial charge on any atom is 0.0349 e. The van der Waals surface area contributed by atoms with Crippen LogP contribution in [0.3, 0.4) is 0 Å². The lowest BCUT2D eigenvalue weighted by Crippen LogP contribution is -2.32. The van der Waals surface area contributed by atoms with Gasteiger partial charge in [0.15, 0.2) is 0 Å². The quantitative estimate of drug-likeness (QED) is 0.884. The van der Waals surface area contributed by atoms with Crippen molar-refractivity contribution in [2.24, 2.45) is 23.3 Å². The Morgan fingerprint density at radius 1 is 1.27 bits per heavy atom.